The number of fused-ring (bicyclic) bond motifs is 1. The Kier molecular flexibility index (Phi) is 5.37. The molecule has 0 aliphatic carbocycles. The number of rotatable bonds is 4. The van der Waals surface area contributed by atoms with Crippen LogP contribution in [0, 0.1) is 0 Å². The average Bonchev–Trinajstić information content (AvgIpc) is 3.17. The molecule has 1 saturated heterocycles. The van der Waals surface area contributed by atoms with Gasteiger partial charge in [-0.1, -0.05) is 54.6 Å². The zero-order chi connectivity index (χ0) is 22.1. The number of carbonyl (C=O) groups is 1. The average molecular weight is 426 g/mol. The predicted octanol–water partition coefficient (Wildman–Crippen LogP) is 3.91. The number of pyridine rings is 1. The molecule has 0 unspecified atom stereocenters. The van der Waals surface area contributed by atoms with E-state index in [1.54, 1.807) is 6.92 Å². The van der Waals surface area contributed by atoms with Gasteiger partial charge in [-0.15, -0.1) is 0 Å². The van der Waals surface area contributed by atoms with Crippen LogP contribution in [-0.2, 0) is 11.3 Å². The first-order valence-corrected chi connectivity index (χ1v) is 11.0. The van der Waals surface area contributed by atoms with Crippen LogP contribution >= 0.6 is 0 Å². The van der Waals surface area contributed by atoms with Crippen LogP contribution in [0.1, 0.15) is 12.6 Å². The molecule has 0 spiro atoms. The molecule has 1 fully saturated rings. The molecule has 0 saturated carbocycles. The second-order valence-corrected chi connectivity index (χ2v) is 8.32. The third-order valence-electron chi connectivity index (χ3n) is 6.20. The summed E-state index contributed by atoms with van der Waals surface area (Å²) in [6.45, 7) is 5.61. The van der Waals surface area contributed by atoms with Gasteiger partial charge in [-0.05, 0) is 23.3 Å². The number of nitrogen functional groups attached to an aromatic ring is 1. The summed E-state index contributed by atoms with van der Waals surface area (Å²) in [5.74, 6) is 0.145. The van der Waals surface area contributed by atoms with E-state index in [9.17, 15) is 4.79 Å². The number of nitrogens with two attached hydrogens (primary N) is 1. The minimum absolute atomic E-state index is 0.145. The van der Waals surface area contributed by atoms with Crippen LogP contribution in [0.25, 0.3) is 28.0 Å². The van der Waals surface area contributed by atoms with Crippen molar-refractivity contribution in [2.24, 2.45) is 0 Å². The molecule has 0 bridgehead atoms. The lowest BCUT2D eigenvalue weighted by atomic mass is 10.0. The summed E-state index contributed by atoms with van der Waals surface area (Å²) < 4.78 is 2.10. The van der Waals surface area contributed by atoms with E-state index in [0.717, 1.165) is 55.3 Å². The van der Waals surface area contributed by atoms with Gasteiger partial charge in [0.05, 0.1) is 11.4 Å². The standard InChI is InChI=1S/C26H27N5O/c1-19(32)30-15-13-29(14-16-30)18-24-26(28-25-12-11-23(27)17-31(24)25)22-9-7-21(8-10-22)20-5-3-2-4-6-20/h2-12,17H,13-16,18,27H2,1H3. The summed E-state index contributed by atoms with van der Waals surface area (Å²) in [5, 5.41) is 0. The number of hydrogen-bond donors (Lipinski definition) is 1. The Balaban J connectivity index is 1.48. The van der Waals surface area contributed by atoms with Crippen LogP contribution in [0.3, 0.4) is 0 Å². The molecule has 5 rings (SSSR count). The number of nitrogens with zero attached hydrogens (tertiary/aromatic N) is 4. The van der Waals surface area contributed by atoms with Crippen molar-refractivity contribution in [3.05, 3.63) is 78.6 Å². The van der Waals surface area contributed by atoms with Crippen LogP contribution < -0.4 is 5.73 Å². The fourth-order valence-corrected chi connectivity index (χ4v) is 4.38. The van der Waals surface area contributed by atoms with Crippen molar-refractivity contribution in [2.75, 3.05) is 31.9 Å². The molecule has 3 heterocycles. The van der Waals surface area contributed by atoms with Crippen LogP contribution in [0.15, 0.2) is 72.9 Å². The van der Waals surface area contributed by atoms with Crippen molar-refractivity contribution in [3.63, 3.8) is 0 Å². The van der Waals surface area contributed by atoms with Gasteiger partial charge in [0.1, 0.15) is 5.65 Å². The molecule has 6 heteroatoms. The number of carbonyl (C=O) groups excluding carboxylic acids is 1. The maximum Gasteiger partial charge on any atom is 0.219 e. The predicted molar refractivity (Wildman–Crippen MR) is 128 cm³/mol. The lowest BCUT2D eigenvalue weighted by Gasteiger charge is -2.34. The molecule has 2 N–H and O–H groups in total. The summed E-state index contributed by atoms with van der Waals surface area (Å²) >= 11 is 0. The minimum Gasteiger partial charge on any atom is -0.398 e. The number of hydrogen-bond acceptors (Lipinski definition) is 4. The first kappa shape index (κ1) is 20.3. The largest absolute Gasteiger partial charge is 0.398 e. The van der Waals surface area contributed by atoms with Crippen molar-refractivity contribution >= 4 is 17.2 Å². The van der Waals surface area contributed by atoms with Crippen molar-refractivity contribution in [2.45, 2.75) is 13.5 Å². The van der Waals surface area contributed by atoms with Gasteiger partial charge in [-0.3, -0.25) is 9.69 Å². The third-order valence-corrected chi connectivity index (χ3v) is 6.20. The summed E-state index contributed by atoms with van der Waals surface area (Å²) in [4.78, 5) is 20.9. The molecular formula is C26H27N5O. The van der Waals surface area contributed by atoms with E-state index in [-0.39, 0.29) is 5.91 Å². The molecule has 1 aliphatic heterocycles. The monoisotopic (exact) mass is 425 g/mol. The Morgan fingerprint density at radius 3 is 2.22 bits per heavy atom. The first-order chi connectivity index (χ1) is 15.6. The lowest BCUT2D eigenvalue weighted by Crippen LogP contribution is -2.47. The van der Waals surface area contributed by atoms with Crippen LogP contribution in [0.5, 0.6) is 0 Å². The Hall–Kier alpha value is -3.64. The first-order valence-electron chi connectivity index (χ1n) is 11.0. The molecule has 2 aromatic heterocycles. The van der Waals surface area contributed by atoms with Gasteiger partial charge in [-0.25, -0.2) is 4.98 Å². The summed E-state index contributed by atoms with van der Waals surface area (Å²) in [6, 6.07) is 22.8. The topological polar surface area (TPSA) is 66.9 Å². The number of piperazine rings is 1. The highest BCUT2D eigenvalue weighted by Crippen LogP contribution is 2.29. The highest BCUT2D eigenvalue weighted by Gasteiger charge is 2.22. The van der Waals surface area contributed by atoms with E-state index in [1.807, 2.05) is 29.3 Å². The fourth-order valence-electron chi connectivity index (χ4n) is 4.38. The normalized spacial score (nSPS) is 14.7. The Labute approximate surface area is 187 Å². The van der Waals surface area contributed by atoms with Crippen LogP contribution in [-0.4, -0.2) is 51.3 Å². The van der Waals surface area contributed by atoms with Crippen LogP contribution in [0.2, 0.25) is 0 Å². The number of imidazole rings is 1. The van der Waals surface area contributed by atoms with Gasteiger partial charge in [-0.2, -0.15) is 0 Å². The molecule has 32 heavy (non-hydrogen) atoms. The van der Waals surface area contributed by atoms with Crippen LogP contribution in [0.4, 0.5) is 5.69 Å². The van der Waals surface area contributed by atoms with Crippen molar-refractivity contribution in [1.29, 1.82) is 0 Å². The Morgan fingerprint density at radius 1 is 0.875 bits per heavy atom. The molecular weight excluding hydrogens is 398 g/mol. The van der Waals surface area contributed by atoms with Crippen molar-refractivity contribution in [1.82, 2.24) is 19.2 Å². The maximum absolute atomic E-state index is 11.7. The molecule has 0 radical (unpaired) electrons. The Morgan fingerprint density at radius 2 is 1.53 bits per heavy atom. The van der Waals surface area contributed by atoms with E-state index in [4.69, 9.17) is 10.7 Å². The molecule has 0 atom stereocenters. The van der Waals surface area contributed by atoms with Gasteiger partial charge in [0.15, 0.2) is 0 Å². The maximum atomic E-state index is 11.7. The molecule has 4 aromatic rings. The number of benzene rings is 2. The number of amides is 1. The van der Waals surface area contributed by atoms with E-state index in [0.29, 0.717) is 5.69 Å². The minimum atomic E-state index is 0.145. The second-order valence-electron chi connectivity index (χ2n) is 8.32. The molecule has 162 valence electrons. The van der Waals surface area contributed by atoms with Gasteiger partial charge in [0.2, 0.25) is 5.91 Å². The third kappa shape index (κ3) is 3.97. The van der Waals surface area contributed by atoms with Crippen molar-refractivity contribution in [3.8, 4) is 22.4 Å². The number of aromatic nitrogens is 2. The lowest BCUT2D eigenvalue weighted by molar-refractivity contribution is -0.130. The van der Waals surface area contributed by atoms with Gasteiger partial charge in [0.25, 0.3) is 0 Å². The quantitative estimate of drug-likeness (QED) is 0.538. The molecule has 6 nitrogen and oxygen atoms in total. The molecule has 1 aliphatic rings. The number of anilines is 1. The summed E-state index contributed by atoms with van der Waals surface area (Å²) in [7, 11) is 0. The van der Waals surface area contributed by atoms with Crippen molar-refractivity contribution < 1.29 is 4.79 Å². The SMILES string of the molecule is CC(=O)N1CCN(Cc2c(-c3ccc(-c4ccccc4)cc3)nc3ccc(N)cn23)CC1. The van der Waals surface area contributed by atoms with E-state index >= 15 is 0 Å². The zero-order valence-corrected chi connectivity index (χ0v) is 18.2. The summed E-state index contributed by atoms with van der Waals surface area (Å²) in [5.41, 5.74) is 13.3. The van der Waals surface area contributed by atoms with E-state index in [2.05, 4.69) is 57.8 Å². The highest BCUT2D eigenvalue weighted by atomic mass is 16.2. The van der Waals surface area contributed by atoms with E-state index in [1.165, 1.54) is 11.1 Å². The highest BCUT2D eigenvalue weighted by molar-refractivity contribution is 5.73. The van der Waals surface area contributed by atoms with Gasteiger partial charge >= 0.3 is 0 Å². The fraction of sp³-hybridized carbons (Fsp3) is 0.231. The smallest absolute Gasteiger partial charge is 0.219 e. The second kappa shape index (κ2) is 8.48. The molecule has 1 amide bonds. The Bertz CT molecular complexity index is 1240. The van der Waals surface area contributed by atoms with Gasteiger partial charge < -0.3 is 15.0 Å². The zero-order valence-electron chi connectivity index (χ0n) is 18.2. The summed E-state index contributed by atoms with van der Waals surface area (Å²) in [6.07, 6.45) is 1.95. The van der Waals surface area contributed by atoms with Gasteiger partial charge in [0, 0.05) is 57.1 Å². The van der Waals surface area contributed by atoms with E-state index < -0.39 is 0 Å². The molecule has 2 aromatic carbocycles.